The van der Waals surface area contributed by atoms with Crippen LogP contribution >= 0.6 is 0 Å². The molecule has 0 unspecified atom stereocenters. The highest BCUT2D eigenvalue weighted by Gasteiger charge is 2.08. The van der Waals surface area contributed by atoms with Gasteiger partial charge in [-0.2, -0.15) is 9.25 Å². The van der Waals surface area contributed by atoms with Crippen LogP contribution in [0, 0.1) is 0 Å². The van der Waals surface area contributed by atoms with Gasteiger partial charge in [0.25, 0.3) is 0 Å². The third-order valence-electron chi connectivity index (χ3n) is 3.46. The molecular formula is C16H13N4+. The molecule has 0 saturated heterocycles. The molecule has 96 valence electrons. The van der Waals surface area contributed by atoms with E-state index in [0.717, 1.165) is 11.0 Å². The average Bonchev–Trinajstić information content (AvgIpc) is 2.91. The quantitative estimate of drug-likeness (QED) is 0.519. The first-order valence-corrected chi connectivity index (χ1v) is 6.56. The molecule has 0 atom stereocenters. The summed E-state index contributed by atoms with van der Waals surface area (Å²) in [5, 5.41) is 10.9. The first kappa shape index (κ1) is 11.1. The number of pyridine rings is 1. The molecule has 4 aromatic rings. The predicted octanol–water partition coefficient (Wildman–Crippen LogP) is 2.38. The van der Waals surface area contributed by atoms with E-state index >= 15 is 0 Å². The molecule has 0 aliphatic carbocycles. The van der Waals surface area contributed by atoms with Gasteiger partial charge in [-0.15, -0.1) is 5.10 Å². The number of para-hydroxylation sites is 1. The van der Waals surface area contributed by atoms with Crippen molar-refractivity contribution in [2.75, 3.05) is 0 Å². The fourth-order valence-electron chi connectivity index (χ4n) is 2.44. The third-order valence-corrected chi connectivity index (χ3v) is 3.46. The Morgan fingerprint density at radius 1 is 0.900 bits per heavy atom. The largest absolute Gasteiger partial charge is 0.244 e. The van der Waals surface area contributed by atoms with E-state index in [9.17, 15) is 0 Å². The van der Waals surface area contributed by atoms with E-state index in [-0.39, 0.29) is 0 Å². The number of hydrogen-bond acceptors (Lipinski definition) is 2. The first-order chi connectivity index (χ1) is 9.90. The molecule has 4 nitrogen and oxygen atoms in total. The van der Waals surface area contributed by atoms with Crippen molar-refractivity contribution in [3.63, 3.8) is 0 Å². The Bertz CT molecular complexity index is 895. The summed E-state index contributed by atoms with van der Waals surface area (Å²) in [4.78, 5) is 0. The molecule has 0 saturated carbocycles. The maximum absolute atomic E-state index is 4.22. The van der Waals surface area contributed by atoms with Crippen LogP contribution in [0.15, 0.2) is 67.0 Å². The van der Waals surface area contributed by atoms with Gasteiger partial charge >= 0.3 is 0 Å². The van der Waals surface area contributed by atoms with Gasteiger partial charge in [-0.25, -0.2) is 0 Å². The predicted molar refractivity (Wildman–Crippen MR) is 77.1 cm³/mol. The lowest BCUT2D eigenvalue weighted by Gasteiger charge is -2.00. The number of nitrogens with zero attached hydrogens (tertiary/aromatic N) is 4. The summed E-state index contributed by atoms with van der Waals surface area (Å²) in [7, 11) is 0. The summed E-state index contributed by atoms with van der Waals surface area (Å²) in [6, 6.07) is 18.5. The summed E-state index contributed by atoms with van der Waals surface area (Å²) >= 11 is 0. The van der Waals surface area contributed by atoms with Gasteiger partial charge in [0.2, 0.25) is 6.67 Å². The number of fused-ring (bicyclic) bond motifs is 2. The number of hydrogen-bond donors (Lipinski definition) is 0. The summed E-state index contributed by atoms with van der Waals surface area (Å²) in [5.41, 5.74) is 1.97. The molecule has 4 rings (SSSR count). The van der Waals surface area contributed by atoms with Crippen molar-refractivity contribution in [3.05, 3.63) is 67.0 Å². The van der Waals surface area contributed by atoms with Crippen LogP contribution < -0.4 is 4.57 Å². The van der Waals surface area contributed by atoms with Crippen molar-refractivity contribution in [2.45, 2.75) is 6.67 Å². The second-order valence-electron chi connectivity index (χ2n) is 4.81. The Labute approximate surface area is 115 Å². The minimum absolute atomic E-state index is 0.658. The van der Waals surface area contributed by atoms with E-state index in [1.54, 1.807) is 0 Å². The normalized spacial score (nSPS) is 11.2. The van der Waals surface area contributed by atoms with Crippen LogP contribution in [0.1, 0.15) is 0 Å². The van der Waals surface area contributed by atoms with Crippen molar-refractivity contribution in [1.29, 1.82) is 0 Å². The Hall–Kier alpha value is -2.75. The van der Waals surface area contributed by atoms with Crippen LogP contribution in [0.3, 0.4) is 0 Å². The summed E-state index contributed by atoms with van der Waals surface area (Å²) in [6.45, 7) is 0.658. The van der Waals surface area contributed by atoms with Crippen molar-refractivity contribution in [2.24, 2.45) is 0 Å². The smallest absolute Gasteiger partial charge is 0.184 e. The molecule has 0 spiro atoms. The van der Waals surface area contributed by atoms with Gasteiger partial charge in [-0.05, 0) is 23.6 Å². The fourth-order valence-corrected chi connectivity index (χ4v) is 2.44. The van der Waals surface area contributed by atoms with Gasteiger partial charge in [0, 0.05) is 11.5 Å². The van der Waals surface area contributed by atoms with Gasteiger partial charge in [-0.1, -0.05) is 35.5 Å². The van der Waals surface area contributed by atoms with Gasteiger partial charge in [0.15, 0.2) is 12.4 Å². The van der Waals surface area contributed by atoms with Crippen LogP contribution in [-0.4, -0.2) is 15.0 Å². The second-order valence-corrected chi connectivity index (χ2v) is 4.81. The lowest BCUT2D eigenvalue weighted by molar-refractivity contribution is -0.700. The molecule has 0 amide bonds. The monoisotopic (exact) mass is 261 g/mol. The van der Waals surface area contributed by atoms with Crippen molar-refractivity contribution >= 4 is 21.8 Å². The van der Waals surface area contributed by atoms with Crippen molar-refractivity contribution < 1.29 is 4.57 Å². The van der Waals surface area contributed by atoms with Crippen molar-refractivity contribution in [1.82, 2.24) is 15.0 Å². The van der Waals surface area contributed by atoms with Crippen LogP contribution in [-0.2, 0) is 6.67 Å². The van der Waals surface area contributed by atoms with Gasteiger partial charge < -0.3 is 0 Å². The molecule has 2 aromatic carbocycles. The molecule has 0 aliphatic rings. The zero-order chi connectivity index (χ0) is 13.4. The van der Waals surface area contributed by atoms with E-state index in [4.69, 9.17) is 0 Å². The Morgan fingerprint density at radius 2 is 1.70 bits per heavy atom. The number of aromatic nitrogens is 4. The summed E-state index contributed by atoms with van der Waals surface area (Å²) < 4.78 is 4.02. The Morgan fingerprint density at radius 3 is 2.65 bits per heavy atom. The van der Waals surface area contributed by atoms with Crippen LogP contribution in [0.2, 0.25) is 0 Å². The highest BCUT2D eigenvalue weighted by Crippen LogP contribution is 2.11. The zero-order valence-electron chi connectivity index (χ0n) is 10.8. The minimum Gasteiger partial charge on any atom is -0.184 e. The Kier molecular flexibility index (Phi) is 2.45. The first-order valence-electron chi connectivity index (χ1n) is 6.56. The zero-order valence-corrected chi connectivity index (χ0v) is 10.8. The molecule has 4 heteroatoms. The highest BCUT2D eigenvalue weighted by atomic mass is 15.5. The van der Waals surface area contributed by atoms with E-state index in [1.165, 1.54) is 10.8 Å². The van der Waals surface area contributed by atoms with E-state index in [1.807, 2.05) is 28.9 Å². The summed E-state index contributed by atoms with van der Waals surface area (Å²) in [5.74, 6) is 0. The molecule has 0 N–H and O–H groups in total. The van der Waals surface area contributed by atoms with Crippen LogP contribution in [0.4, 0.5) is 0 Å². The standard InChI is InChI=1S/C16H13N4/c1-2-6-14-11-19(10-9-13(14)5-1)12-20-16-8-4-3-7-15(16)17-18-20/h1-11H,12H2/q+1. The third kappa shape index (κ3) is 1.82. The molecular weight excluding hydrogens is 248 g/mol. The van der Waals surface area contributed by atoms with Crippen molar-refractivity contribution in [3.8, 4) is 0 Å². The molecule has 0 radical (unpaired) electrons. The van der Waals surface area contributed by atoms with Gasteiger partial charge in [-0.3, -0.25) is 0 Å². The molecule has 0 aliphatic heterocycles. The van der Waals surface area contributed by atoms with Crippen LogP contribution in [0.5, 0.6) is 0 Å². The SMILES string of the molecule is c1ccc2c[n+](Cn3nnc4ccccc43)ccc2c1. The number of rotatable bonds is 2. The molecule has 20 heavy (non-hydrogen) atoms. The fraction of sp³-hybridized carbons (Fsp3) is 0.0625. The summed E-state index contributed by atoms with van der Waals surface area (Å²) in [6.07, 6.45) is 4.20. The van der Waals surface area contributed by atoms with E-state index < -0.39 is 0 Å². The molecule has 2 aromatic heterocycles. The highest BCUT2D eigenvalue weighted by molar-refractivity contribution is 5.80. The molecule has 2 heterocycles. The second kappa shape index (κ2) is 4.42. The lowest BCUT2D eigenvalue weighted by Crippen LogP contribution is -2.37. The van der Waals surface area contributed by atoms with Crippen LogP contribution in [0.25, 0.3) is 21.8 Å². The lowest BCUT2D eigenvalue weighted by atomic mass is 10.2. The number of benzene rings is 2. The molecule has 0 fully saturated rings. The minimum atomic E-state index is 0.658. The average molecular weight is 261 g/mol. The maximum Gasteiger partial charge on any atom is 0.244 e. The van der Waals surface area contributed by atoms with Gasteiger partial charge in [0.05, 0.1) is 5.52 Å². The topological polar surface area (TPSA) is 34.6 Å². The Balaban J connectivity index is 1.76. The maximum atomic E-state index is 4.22. The van der Waals surface area contributed by atoms with Gasteiger partial charge in [0.1, 0.15) is 5.52 Å². The van der Waals surface area contributed by atoms with E-state index in [0.29, 0.717) is 6.67 Å². The van der Waals surface area contributed by atoms with E-state index in [2.05, 4.69) is 57.6 Å². The molecule has 0 bridgehead atoms.